The Morgan fingerprint density at radius 3 is 0.757 bits per heavy atom. The zero-order chi connectivity index (χ0) is 76.5. The maximum atomic E-state index is 2.45. The molecule has 0 unspecified atom stereocenters. The van der Waals surface area contributed by atoms with Crippen LogP contribution in [0, 0.1) is 0 Å². The van der Waals surface area contributed by atoms with Gasteiger partial charge in [0.25, 0.3) is 0 Å². The Kier molecular flexibility index (Phi) is 16.9. The second kappa shape index (κ2) is 28.5. The molecule has 1 aliphatic rings. The summed E-state index contributed by atoms with van der Waals surface area (Å²) >= 11 is 0. The van der Waals surface area contributed by atoms with E-state index in [2.05, 4.69) is 470 Å². The molecular formula is C111H78N4. The van der Waals surface area contributed by atoms with Gasteiger partial charge in [0.05, 0.1) is 22.1 Å². The molecule has 18 aromatic carbocycles. The number of para-hydroxylation sites is 4. The van der Waals surface area contributed by atoms with Gasteiger partial charge in [-0.15, -0.1) is 0 Å². The predicted octanol–water partition coefficient (Wildman–Crippen LogP) is 30.5. The molecule has 2 heterocycles. The normalized spacial score (nSPS) is 12.2. The highest BCUT2D eigenvalue weighted by molar-refractivity contribution is 6.12. The van der Waals surface area contributed by atoms with E-state index in [1.54, 1.807) is 0 Å². The van der Waals surface area contributed by atoms with Crippen molar-refractivity contribution in [2.75, 3.05) is 9.80 Å². The number of aromatic nitrogens is 2. The van der Waals surface area contributed by atoms with Gasteiger partial charge in [-0.3, -0.25) is 0 Å². The van der Waals surface area contributed by atoms with Gasteiger partial charge in [0.1, 0.15) is 0 Å². The first-order valence-corrected chi connectivity index (χ1v) is 39.8. The molecule has 0 amide bonds. The lowest BCUT2D eigenvalue weighted by molar-refractivity contribution is 0.660. The number of benzene rings is 18. The molecule has 0 bridgehead atoms. The molecular weight excluding hydrogens is 1390 g/mol. The monoisotopic (exact) mass is 1470 g/mol. The van der Waals surface area contributed by atoms with Crippen LogP contribution in [0.2, 0.25) is 0 Å². The zero-order valence-corrected chi connectivity index (χ0v) is 63.9. The van der Waals surface area contributed by atoms with Crippen LogP contribution in [0.1, 0.15) is 25.0 Å². The summed E-state index contributed by atoms with van der Waals surface area (Å²) in [7, 11) is 0. The predicted molar refractivity (Wildman–Crippen MR) is 486 cm³/mol. The molecule has 0 fully saturated rings. The maximum absolute atomic E-state index is 2.45. The van der Waals surface area contributed by atoms with Crippen molar-refractivity contribution in [2.45, 2.75) is 19.3 Å². The molecule has 0 N–H and O–H groups in total. The van der Waals surface area contributed by atoms with Crippen LogP contribution in [0.5, 0.6) is 0 Å². The summed E-state index contributed by atoms with van der Waals surface area (Å²) in [6, 6.07) is 160. The summed E-state index contributed by atoms with van der Waals surface area (Å²) in [6.45, 7) is 4.79. The number of rotatable bonds is 16. The molecule has 4 heteroatoms. The number of hydrogen-bond donors (Lipinski definition) is 0. The second-order valence-electron chi connectivity index (χ2n) is 30.8. The van der Waals surface area contributed by atoms with Crippen molar-refractivity contribution in [1.29, 1.82) is 0 Å². The van der Waals surface area contributed by atoms with Crippen LogP contribution in [-0.2, 0) is 5.41 Å². The van der Waals surface area contributed by atoms with Crippen LogP contribution in [0.15, 0.2) is 437 Å². The number of fused-ring (bicyclic) bond motifs is 9. The molecule has 4 nitrogen and oxygen atoms in total. The fourth-order valence-corrected chi connectivity index (χ4v) is 17.8. The third-order valence-corrected chi connectivity index (χ3v) is 23.8. The summed E-state index contributed by atoms with van der Waals surface area (Å²) in [4.78, 5) is 4.78. The lowest BCUT2D eigenvalue weighted by atomic mass is 9.81. The van der Waals surface area contributed by atoms with Gasteiger partial charge >= 0.3 is 0 Å². The minimum Gasteiger partial charge on any atom is -0.311 e. The third-order valence-electron chi connectivity index (χ3n) is 23.8. The largest absolute Gasteiger partial charge is 0.311 e. The van der Waals surface area contributed by atoms with Crippen LogP contribution >= 0.6 is 0 Å². The van der Waals surface area contributed by atoms with Gasteiger partial charge < -0.3 is 18.9 Å². The number of hydrogen-bond acceptors (Lipinski definition) is 2. The molecule has 0 saturated heterocycles. The van der Waals surface area contributed by atoms with Crippen LogP contribution in [0.25, 0.3) is 155 Å². The van der Waals surface area contributed by atoms with Crippen LogP contribution in [0.4, 0.5) is 34.1 Å². The highest BCUT2D eigenvalue weighted by atomic mass is 15.1. The molecule has 0 spiro atoms. The Bertz CT molecular complexity index is 6990. The van der Waals surface area contributed by atoms with Crippen molar-refractivity contribution in [1.82, 2.24) is 9.13 Å². The SMILES string of the molecule is CC1(C)c2cc(-c3ccc4c(c3)c3ccccc3n4-c3ccccc3)ccc2-c2ccc(N(c3ccc(-c4ccccc4)cc3)c3ccc(-c4ccc(-c5ccc(-c6ccc(N(c7ccc(-c8ccccc8)cc7)c7ccc(-c8ccc(-c9ccc%10c(c9)c9ccccc9n%10-c9ccccc9)cc8)cc7)cc6)cc5)cc4)cc3)cc21. The van der Waals surface area contributed by atoms with Gasteiger partial charge in [-0.1, -0.05) is 311 Å². The van der Waals surface area contributed by atoms with Crippen molar-refractivity contribution in [3.63, 3.8) is 0 Å². The highest BCUT2D eigenvalue weighted by Gasteiger charge is 2.37. The van der Waals surface area contributed by atoms with E-state index in [0.29, 0.717) is 0 Å². The summed E-state index contributed by atoms with van der Waals surface area (Å²) in [5.41, 5.74) is 37.6. The van der Waals surface area contributed by atoms with Crippen LogP contribution in [-0.4, -0.2) is 9.13 Å². The van der Waals surface area contributed by atoms with E-state index in [4.69, 9.17) is 0 Å². The molecule has 0 saturated carbocycles. The van der Waals surface area contributed by atoms with Crippen molar-refractivity contribution in [3.8, 4) is 112 Å². The van der Waals surface area contributed by atoms with E-state index in [1.165, 1.54) is 138 Å². The summed E-state index contributed by atoms with van der Waals surface area (Å²) in [5, 5.41) is 5.01. The second-order valence-corrected chi connectivity index (χ2v) is 30.8. The first-order chi connectivity index (χ1) is 56.7. The fourth-order valence-electron chi connectivity index (χ4n) is 17.8. The average molecular weight is 1470 g/mol. The fraction of sp³-hybridized carbons (Fsp3) is 0.0270. The summed E-state index contributed by atoms with van der Waals surface area (Å²) in [6.07, 6.45) is 0. The molecule has 2 aromatic heterocycles. The molecule has 542 valence electrons. The minimum atomic E-state index is -0.263. The summed E-state index contributed by atoms with van der Waals surface area (Å²) < 4.78 is 4.76. The summed E-state index contributed by atoms with van der Waals surface area (Å²) in [5.74, 6) is 0. The van der Waals surface area contributed by atoms with E-state index in [9.17, 15) is 0 Å². The van der Waals surface area contributed by atoms with E-state index >= 15 is 0 Å². The Labute approximate surface area is 670 Å². The molecule has 0 aliphatic heterocycles. The van der Waals surface area contributed by atoms with Gasteiger partial charge in [0.2, 0.25) is 0 Å². The zero-order valence-electron chi connectivity index (χ0n) is 63.9. The molecule has 0 atom stereocenters. The van der Waals surface area contributed by atoms with Crippen molar-refractivity contribution in [3.05, 3.63) is 448 Å². The van der Waals surface area contributed by atoms with E-state index < -0.39 is 0 Å². The quantitative estimate of drug-likeness (QED) is 0.0959. The first kappa shape index (κ1) is 68.2. The Balaban J connectivity index is 0.528. The van der Waals surface area contributed by atoms with Gasteiger partial charge in [-0.25, -0.2) is 0 Å². The number of anilines is 6. The highest BCUT2D eigenvalue weighted by Crippen LogP contribution is 2.53. The Morgan fingerprint density at radius 1 is 0.174 bits per heavy atom. The number of nitrogens with zero attached hydrogens (tertiary/aromatic N) is 4. The van der Waals surface area contributed by atoms with Crippen molar-refractivity contribution >= 4 is 77.7 Å². The topological polar surface area (TPSA) is 16.3 Å². The molecule has 20 aromatic rings. The molecule has 0 radical (unpaired) electrons. The smallest absolute Gasteiger partial charge is 0.0541 e. The van der Waals surface area contributed by atoms with E-state index in [1.807, 2.05) is 0 Å². The lowest BCUT2D eigenvalue weighted by Crippen LogP contribution is -2.16. The Morgan fingerprint density at radius 2 is 0.400 bits per heavy atom. The van der Waals surface area contributed by atoms with Crippen LogP contribution in [0.3, 0.4) is 0 Å². The van der Waals surface area contributed by atoms with Crippen molar-refractivity contribution < 1.29 is 0 Å². The minimum absolute atomic E-state index is 0.263. The van der Waals surface area contributed by atoms with Gasteiger partial charge in [-0.05, 0) is 251 Å². The lowest BCUT2D eigenvalue weighted by Gasteiger charge is -2.28. The molecule has 21 rings (SSSR count). The van der Waals surface area contributed by atoms with Gasteiger partial charge in [0, 0.05) is 72.5 Å². The van der Waals surface area contributed by atoms with E-state index in [0.717, 1.165) is 62.1 Å². The average Bonchev–Trinajstić information content (AvgIpc) is 1.11. The Hall–Kier alpha value is -14.8. The van der Waals surface area contributed by atoms with Crippen LogP contribution < -0.4 is 9.80 Å². The molecule has 1 aliphatic carbocycles. The molecule has 115 heavy (non-hydrogen) atoms. The van der Waals surface area contributed by atoms with Gasteiger partial charge in [0.15, 0.2) is 0 Å². The third kappa shape index (κ3) is 12.4. The van der Waals surface area contributed by atoms with Crippen molar-refractivity contribution in [2.24, 2.45) is 0 Å². The van der Waals surface area contributed by atoms with Gasteiger partial charge in [-0.2, -0.15) is 0 Å². The van der Waals surface area contributed by atoms with E-state index in [-0.39, 0.29) is 5.41 Å². The maximum Gasteiger partial charge on any atom is 0.0541 e. The standard InChI is InChI=1S/C111H78N4/c1-111(2)105-73-90(89-55-70-110-104(72-89)102-28-16-18-30-108(102)115(110)92-25-13-6-14-26-92)53-67-99(105)100-68-66-98(74-106(100)111)113(96-62-45-83(46-63-96)76-21-9-4-10-22-76)97-64-51-86(52-65-97)80-37-33-78(34-38-80)77-31-35-79(36-32-77)84-47-58-94(59-48-84)112(93-56-43-82(44-57-93)75-19-7-3-8-20-75)95-60-49-85(50-61-95)81-39-41-87(42-40-81)88-54-69-109-103(71-88)101-27-15-17-29-107(101)114(109)91-23-11-5-12-24-91/h3-74H,1-2H3. The first-order valence-electron chi connectivity index (χ1n) is 39.8.